The zero-order valence-corrected chi connectivity index (χ0v) is 13.8. The van der Waals surface area contributed by atoms with Crippen LogP contribution in [0.25, 0.3) is 22.5 Å². The smallest absolute Gasteiger partial charge is 0.0730 e. The zero-order chi connectivity index (χ0) is 16.9. The van der Waals surface area contributed by atoms with Crippen LogP contribution in [0.4, 0.5) is 11.4 Å². The van der Waals surface area contributed by atoms with E-state index in [1.54, 1.807) is 0 Å². The Morgan fingerprint density at radius 3 is 1.40 bits per heavy atom. The van der Waals surface area contributed by atoms with Crippen molar-refractivity contribution < 1.29 is 0 Å². The summed E-state index contributed by atoms with van der Waals surface area (Å²) in [6, 6.07) is 34.9. The molecule has 120 valence electrons. The fraction of sp³-hybridized carbons (Fsp3) is 0. The molecule has 1 heterocycles. The summed E-state index contributed by atoms with van der Waals surface area (Å²) >= 11 is 0. The van der Waals surface area contributed by atoms with Crippen molar-refractivity contribution in [2.45, 2.75) is 0 Å². The Balaban J connectivity index is 1.80. The first-order chi connectivity index (χ1) is 12.4. The number of anilines is 2. The molecule has 0 aliphatic rings. The van der Waals surface area contributed by atoms with Gasteiger partial charge in [-0.25, -0.2) is 4.98 Å². The molecule has 0 amide bonds. The largest absolute Gasteiger partial charge is 0.355 e. The van der Waals surface area contributed by atoms with Crippen LogP contribution in [0, 0.1) is 0 Å². The van der Waals surface area contributed by atoms with Gasteiger partial charge < -0.3 is 5.32 Å². The second kappa shape index (κ2) is 7.02. The average molecular weight is 322 g/mol. The molecule has 4 aromatic rings. The van der Waals surface area contributed by atoms with E-state index in [2.05, 4.69) is 53.8 Å². The SMILES string of the molecule is c1ccc(Nc2cc(-c3ccccc3)nc(-c3ccccc3)c2)cc1. The van der Waals surface area contributed by atoms with Gasteiger partial charge in [-0.3, -0.25) is 0 Å². The molecule has 3 aromatic carbocycles. The van der Waals surface area contributed by atoms with Gasteiger partial charge in [-0.05, 0) is 24.3 Å². The van der Waals surface area contributed by atoms with Crippen LogP contribution in [-0.4, -0.2) is 4.98 Å². The molecule has 2 heteroatoms. The maximum Gasteiger partial charge on any atom is 0.0730 e. The molecule has 0 aliphatic carbocycles. The summed E-state index contributed by atoms with van der Waals surface area (Å²) in [5.74, 6) is 0. The van der Waals surface area contributed by atoms with Crippen molar-refractivity contribution in [1.29, 1.82) is 0 Å². The number of aromatic nitrogens is 1. The lowest BCUT2D eigenvalue weighted by atomic mass is 10.1. The van der Waals surface area contributed by atoms with Gasteiger partial charge in [0.25, 0.3) is 0 Å². The van der Waals surface area contributed by atoms with E-state index >= 15 is 0 Å². The highest BCUT2D eigenvalue weighted by atomic mass is 14.9. The van der Waals surface area contributed by atoms with Crippen molar-refractivity contribution in [1.82, 2.24) is 4.98 Å². The lowest BCUT2D eigenvalue weighted by Crippen LogP contribution is -1.95. The number of hydrogen-bond donors (Lipinski definition) is 1. The Morgan fingerprint density at radius 1 is 0.480 bits per heavy atom. The average Bonchev–Trinajstić information content (AvgIpc) is 2.70. The third-order valence-electron chi connectivity index (χ3n) is 4.03. The van der Waals surface area contributed by atoms with Crippen LogP contribution in [0.5, 0.6) is 0 Å². The number of nitrogens with zero attached hydrogens (tertiary/aromatic N) is 1. The summed E-state index contributed by atoms with van der Waals surface area (Å²) in [6.45, 7) is 0. The van der Waals surface area contributed by atoms with E-state index in [1.807, 2.05) is 54.6 Å². The molecule has 1 N–H and O–H groups in total. The molecule has 0 saturated heterocycles. The Morgan fingerprint density at radius 2 is 0.920 bits per heavy atom. The molecule has 2 nitrogen and oxygen atoms in total. The van der Waals surface area contributed by atoms with Gasteiger partial charge in [-0.1, -0.05) is 78.9 Å². The summed E-state index contributed by atoms with van der Waals surface area (Å²) in [5.41, 5.74) is 6.22. The second-order valence-corrected chi connectivity index (χ2v) is 5.85. The molecule has 0 fully saturated rings. The first-order valence-corrected chi connectivity index (χ1v) is 8.33. The maximum absolute atomic E-state index is 4.88. The quantitative estimate of drug-likeness (QED) is 0.487. The van der Waals surface area contributed by atoms with Crippen LogP contribution in [0.3, 0.4) is 0 Å². The molecule has 0 unspecified atom stereocenters. The predicted molar refractivity (Wildman–Crippen MR) is 105 cm³/mol. The highest BCUT2D eigenvalue weighted by molar-refractivity contribution is 5.74. The molecule has 1 aromatic heterocycles. The molecular formula is C23H18N2. The Bertz CT molecular complexity index is 891. The zero-order valence-electron chi connectivity index (χ0n) is 13.8. The Labute approximate surface area is 147 Å². The van der Waals surface area contributed by atoms with Gasteiger partial charge in [-0.2, -0.15) is 0 Å². The van der Waals surface area contributed by atoms with Gasteiger partial charge in [-0.15, -0.1) is 0 Å². The summed E-state index contributed by atoms with van der Waals surface area (Å²) in [5, 5.41) is 3.48. The first kappa shape index (κ1) is 15.2. The monoisotopic (exact) mass is 322 g/mol. The minimum Gasteiger partial charge on any atom is -0.355 e. The van der Waals surface area contributed by atoms with E-state index in [0.29, 0.717) is 0 Å². The molecule has 25 heavy (non-hydrogen) atoms. The lowest BCUT2D eigenvalue weighted by molar-refractivity contribution is 1.32. The van der Waals surface area contributed by atoms with Crippen molar-refractivity contribution in [2.24, 2.45) is 0 Å². The van der Waals surface area contributed by atoms with Gasteiger partial charge in [0.2, 0.25) is 0 Å². The fourth-order valence-electron chi connectivity index (χ4n) is 2.80. The summed E-state index contributed by atoms with van der Waals surface area (Å²) in [6.07, 6.45) is 0. The van der Waals surface area contributed by atoms with E-state index in [9.17, 15) is 0 Å². The minimum atomic E-state index is 0.959. The third-order valence-corrected chi connectivity index (χ3v) is 4.03. The van der Waals surface area contributed by atoms with Crippen LogP contribution in [-0.2, 0) is 0 Å². The van der Waals surface area contributed by atoms with Crippen molar-refractivity contribution in [3.8, 4) is 22.5 Å². The van der Waals surface area contributed by atoms with Crippen LogP contribution < -0.4 is 5.32 Å². The van der Waals surface area contributed by atoms with E-state index in [1.165, 1.54) is 0 Å². The number of pyridine rings is 1. The number of benzene rings is 3. The molecule has 0 saturated carbocycles. The fourth-order valence-corrected chi connectivity index (χ4v) is 2.80. The molecular weight excluding hydrogens is 304 g/mol. The van der Waals surface area contributed by atoms with E-state index < -0.39 is 0 Å². The van der Waals surface area contributed by atoms with Crippen molar-refractivity contribution in [3.63, 3.8) is 0 Å². The second-order valence-electron chi connectivity index (χ2n) is 5.85. The van der Waals surface area contributed by atoms with Crippen LogP contribution in [0.2, 0.25) is 0 Å². The number of nitrogens with one attached hydrogen (secondary N) is 1. The Hall–Kier alpha value is -3.39. The van der Waals surface area contributed by atoms with Gasteiger partial charge in [0.05, 0.1) is 11.4 Å². The van der Waals surface area contributed by atoms with Crippen molar-refractivity contribution >= 4 is 11.4 Å². The van der Waals surface area contributed by atoms with E-state index in [4.69, 9.17) is 4.98 Å². The van der Waals surface area contributed by atoms with Crippen LogP contribution in [0.15, 0.2) is 103 Å². The highest BCUT2D eigenvalue weighted by Crippen LogP contribution is 2.28. The highest BCUT2D eigenvalue weighted by Gasteiger charge is 2.07. The topological polar surface area (TPSA) is 24.9 Å². The molecule has 0 aliphatic heterocycles. The van der Waals surface area contributed by atoms with Crippen LogP contribution in [0.1, 0.15) is 0 Å². The van der Waals surface area contributed by atoms with Gasteiger partial charge >= 0.3 is 0 Å². The normalized spacial score (nSPS) is 10.4. The third kappa shape index (κ3) is 3.59. The first-order valence-electron chi connectivity index (χ1n) is 8.33. The Kier molecular flexibility index (Phi) is 4.25. The molecule has 0 radical (unpaired) electrons. The minimum absolute atomic E-state index is 0.959. The predicted octanol–water partition coefficient (Wildman–Crippen LogP) is 6.16. The van der Waals surface area contributed by atoms with Gasteiger partial charge in [0.1, 0.15) is 0 Å². The standard InChI is InChI=1S/C23H18N2/c1-4-10-18(11-5-1)22-16-21(24-20-14-8-3-9-15-20)17-23(25-22)19-12-6-2-7-13-19/h1-17H,(H,24,25). The molecule has 0 bridgehead atoms. The maximum atomic E-state index is 4.88. The molecule has 0 atom stereocenters. The number of rotatable bonds is 4. The number of hydrogen-bond acceptors (Lipinski definition) is 2. The number of para-hydroxylation sites is 1. The van der Waals surface area contributed by atoms with E-state index in [0.717, 1.165) is 33.9 Å². The molecule has 4 rings (SSSR count). The lowest BCUT2D eigenvalue weighted by Gasteiger charge is -2.12. The molecule has 0 spiro atoms. The van der Waals surface area contributed by atoms with E-state index in [-0.39, 0.29) is 0 Å². The van der Waals surface area contributed by atoms with Crippen LogP contribution >= 0.6 is 0 Å². The van der Waals surface area contributed by atoms with Crippen molar-refractivity contribution in [2.75, 3.05) is 5.32 Å². The summed E-state index contributed by atoms with van der Waals surface area (Å²) < 4.78 is 0. The van der Waals surface area contributed by atoms with Gasteiger partial charge in [0, 0.05) is 22.5 Å². The summed E-state index contributed by atoms with van der Waals surface area (Å²) in [7, 11) is 0. The van der Waals surface area contributed by atoms with Crippen molar-refractivity contribution in [3.05, 3.63) is 103 Å². The summed E-state index contributed by atoms with van der Waals surface area (Å²) in [4.78, 5) is 4.88. The van der Waals surface area contributed by atoms with Gasteiger partial charge in [0.15, 0.2) is 0 Å².